The molecule has 0 bridgehead atoms. The summed E-state index contributed by atoms with van der Waals surface area (Å²) in [5.41, 5.74) is 0.828. The molecule has 2 rings (SSSR count). The van der Waals surface area contributed by atoms with Crippen LogP contribution in [0.15, 0.2) is 28.7 Å². The Kier molecular flexibility index (Phi) is 5.85. The van der Waals surface area contributed by atoms with Crippen molar-refractivity contribution in [2.24, 2.45) is 0 Å². The van der Waals surface area contributed by atoms with Gasteiger partial charge in [-0.1, -0.05) is 27.5 Å². The van der Waals surface area contributed by atoms with Crippen LogP contribution in [0.1, 0.15) is 30.0 Å². The van der Waals surface area contributed by atoms with Gasteiger partial charge in [0.05, 0.1) is 18.0 Å². The largest absolute Gasteiger partial charge is 0.490 e. The van der Waals surface area contributed by atoms with E-state index < -0.39 is 0 Å². The van der Waals surface area contributed by atoms with Gasteiger partial charge in [-0.25, -0.2) is 0 Å². The Bertz CT molecular complexity index is 613. The Morgan fingerprint density at radius 1 is 1.10 bits per heavy atom. The van der Waals surface area contributed by atoms with E-state index in [0.717, 1.165) is 5.56 Å². The average Bonchev–Trinajstić information content (AvgIpc) is 2.88. The van der Waals surface area contributed by atoms with Gasteiger partial charge in [-0.2, -0.15) is 0 Å². The number of hydrogen-bond donors (Lipinski definition) is 0. The van der Waals surface area contributed by atoms with Crippen LogP contribution >= 0.6 is 39.1 Å². The van der Waals surface area contributed by atoms with Crippen LogP contribution < -0.4 is 9.47 Å². The molecule has 114 valence electrons. The summed E-state index contributed by atoms with van der Waals surface area (Å²) in [5.74, 6) is 1.96. The van der Waals surface area contributed by atoms with Crippen LogP contribution in [0, 0.1) is 0 Å². The van der Waals surface area contributed by atoms with E-state index in [2.05, 4.69) is 15.9 Å². The van der Waals surface area contributed by atoms with E-state index >= 15 is 0 Å². The highest BCUT2D eigenvalue weighted by Crippen LogP contribution is 2.42. The maximum Gasteiger partial charge on any atom is 0.193 e. The molecular formula is C15H15BrCl2O3. The molecule has 2 aromatic rings. The van der Waals surface area contributed by atoms with Crippen LogP contribution in [-0.4, -0.2) is 13.2 Å². The quantitative estimate of drug-likeness (QED) is 0.575. The number of hydrogen-bond acceptors (Lipinski definition) is 3. The molecule has 0 aliphatic carbocycles. The smallest absolute Gasteiger partial charge is 0.193 e. The second-order valence-electron chi connectivity index (χ2n) is 4.19. The summed E-state index contributed by atoms with van der Waals surface area (Å²) >= 11 is 15.7. The molecule has 0 fully saturated rings. The Hall–Kier alpha value is -0.840. The van der Waals surface area contributed by atoms with E-state index in [4.69, 9.17) is 37.1 Å². The topological polar surface area (TPSA) is 31.6 Å². The first-order valence-electron chi connectivity index (χ1n) is 6.55. The minimum atomic E-state index is -0.215. The monoisotopic (exact) mass is 392 g/mol. The molecule has 1 aromatic heterocycles. The van der Waals surface area contributed by atoms with Crippen LogP contribution in [0.5, 0.6) is 11.5 Å². The molecule has 0 saturated carbocycles. The molecular weight excluding hydrogens is 379 g/mol. The molecule has 3 nitrogen and oxygen atoms in total. The molecule has 6 heteroatoms. The van der Waals surface area contributed by atoms with Gasteiger partial charge in [0.1, 0.15) is 5.76 Å². The fourth-order valence-corrected chi connectivity index (χ4v) is 3.07. The highest BCUT2D eigenvalue weighted by Gasteiger charge is 2.20. The van der Waals surface area contributed by atoms with Crippen molar-refractivity contribution in [2.75, 3.05) is 13.2 Å². The van der Waals surface area contributed by atoms with Gasteiger partial charge in [0.25, 0.3) is 0 Å². The summed E-state index contributed by atoms with van der Waals surface area (Å²) in [6.45, 7) is 4.92. The normalized spacial score (nSPS) is 12.2. The van der Waals surface area contributed by atoms with E-state index in [1.165, 1.54) is 0 Å². The third-order valence-corrected chi connectivity index (χ3v) is 4.25. The van der Waals surface area contributed by atoms with Crippen molar-refractivity contribution >= 4 is 39.1 Å². The van der Waals surface area contributed by atoms with Gasteiger partial charge in [-0.3, -0.25) is 0 Å². The van der Waals surface area contributed by atoms with Crippen molar-refractivity contribution in [3.63, 3.8) is 0 Å². The first-order chi connectivity index (χ1) is 10.1. The van der Waals surface area contributed by atoms with Gasteiger partial charge in [-0.05, 0) is 49.2 Å². The molecule has 0 aliphatic rings. The molecule has 0 radical (unpaired) electrons. The van der Waals surface area contributed by atoms with Crippen LogP contribution in [0.4, 0.5) is 0 Å². The molecule has 1 heterocycles. The molecule has 0 saturated heterocycles. The summed E-state index contributed by atoms with van der Waals surface area (Å²) in [7, 11) is 0. The molecule has 21 heavy (non-hydrogen) atoms. The Morgan fingerprint density at radius 3 is 2.24 bits per heavy atom. The van der Waals surface area contributed by atoms with Crippen LogP contribution in [0.25, 0.3) is 0 Å². The zero-order chi connectivity index (χ0) is 15.4. The predicted octanol–water partition coefficient (Wildman–Crippen LogP) is 5.87. The minimum absolute atomic E-state index is 0.215. The lowest BCUT2D eigenvalue weighted by Crippen LogP contribution is -2.01. The maximum absolute atomic E-state index is 6.35. The van der Waals surface area contributed by atoms with Gasteiger partial charge in [0, 0.05) is 11.1 Å². The number of alkyl halides is 1. The summed E-state index contributed by atoms with van der Waals surface area (Å²) in [6.07, 6.45) is 0. The van der Waals surface area contributed by atoms with Crippen LogP contribution in [-0.2, 0) is 0 Å². The average molecular weight is 394 g/mol. The second kappa shape index (κ2) is 7.43. The highest BCUT2D eigenvalue weighted by atomic mass is 79.9. The molecule has 1 unspecified atom stereocenters. The van der Waals surface area contributed by atoms with Crippen molar-refractivity contribution in [3.05, 3.63) is 45.8 Å². The number of halogens is 3. The van der Waals surface area contributed by atoms with E-state index in [0.29, 0.717) is 40.7 Å². The van der Waals surface area contributed by atoms with E-state index in [-0.39, 0.29) is 4.83 Å². The Morgan fingerprint density at radius 2 is 1.71 bits per heavy atom. The summed E-state index contributed by atoms with van der Waals surface area (Å²) in [5, 5.41) is 0.901. The van der Waals surface area contributed by atoms with Gasteiger partial charge in [0.2, 0.25) is 0 Å². The van der Waals surface area contributed by atoms with E-state index in [1.54, 1.807) is 18.2 Å². The molecule has 0 aliphatic heterocycles. The zero-order valence-corrected chi connectivity index (χ0v) is 14.8. The van der Waals surface area contributed by atoms with E-state index in [1.807, 2.05) is 19.9 Å². The van der Waals surface area contributed by atoms with Gasteiger partial charge >= 0.3 is 0 Å². The third kappa shape index (κ3) is 3.87. The number of ether oxygens (including phenoxy) is 2. The molecule has 0 amide bonds. The predicted molar refractivity (Wildman–Crippen MR) is 88.3 cm³/mol. The Labute approximate surface area is 142 Å². The molecule has 0 N–H and O–H groups in total. The summed E-state index contributed by atoms with van der Waals surface area (Å²) in [4.78, 5) is -0.215. The lowest BCUT2D eigenvalue weighted by atomic mass is 10.1. The fraction of sp³-hybridized carbons (Fsp3) is 0.333. The molecule has 0 spiro atoms. The van der Waals surface area contributed by atoms with Crippen molar-refractivity contribution in [1.82, 2.24) is 0 Å². The molecule has 1 aromatic carbocycles. The SMILES string of the molecule is CCOc1cc(Cl)c(C(Br)c2ccc(Cl)o2)cc1OCC. The zero-order valence-electron chi connectivity index (χ0n) is 11.7. The lowest BCUT2D eigenvalue weighted by Gasteiger charge is -2.16. The van der Waals surface area contributed by atoms with Crippen molar-refractivity contribution in [3.8, 4) is 11.5 Å². The van der Waals surface area contributed by atoms with Crippen molar-refractivity contribution in [1.29, 1.82) is 0 Å². The van der Waals surface area contributed by atoms with Crippen molar-refractivity contribution in [2.45, 2.75) is 18.7 Å². The van der Waals surface area contributed by atoms with Gasteiger partial charge < -0.3 is 13.9 Å². The van der Waals surface area contributed by atoms with Crippen LogP contribution in [0.3, 0.4) is 0 Å². The Balaban J connectivity index is 2.40. The van der Waals surface area contributed by atoms with Gasteiger partial charge in [-0.15, -0.1) is 0 Å². The van der Waals surface area contributed by atoms with Crippen LogP contribution in [0.2, 0.25) is 10.2 Å². The number of rotatable bonds is 6. The third-order valence-electron chi connectivity index (χ3n) is 2.78. The fourth-order valence-electron chi connectivity index (χ4n) is 1.90. The minimum Gasteiger partial charge on any atom is -0.490 e. The van der Waals surface area contributed by atoms with E-state index in [9.17, 15) is 0 Å². The number of furan rings is 1. The lowest BCUT2D eigenvalue weighted by molar-refractivity contribution is 0.287. The van der Waals surface area contributed by atoms with Gasteiger partial charge in [0.15, 0.2) is 16.7 Å². The first kappa shape index (κ1) is 16.5. The van der Waals surface area contributed by atoms with Crippen molar-refractivity contribution < 1.29 is 13.9 Å². The summed E-state index contributed by atoms with van der Waals surface area (Å²) < 4.78 is 16.6. The summed E-state index contributed by atoms with van der Waals surface area (Å²) in [6, 6.07) is 7.10. The molecule has 1 atom stereocenters. The number of benzene rings is 1. The maximum atomic E-state index is 6.35. The highest BCUT2D eigenvalue weighted by molar-refractivity contribution is 9.09. The first-order valence-corrected chi connectivity index (χ1v) is 8.22. The second-order valence-corrected chi connectivity index (χ2v) is 5.89. The standard InChI is InChI=1S/C15H15BrCl2O3/c1-3-19-12-7-9(10(17)8-13(12)20-4-2)15(16)11-5-6-14(18)21-11/h5-8,15H,3-4H2,1-2H3.